The molecule has 28 heavy (non-hydrogen) atoms. The molecular formula is C21H22N4O3. The fourth-order valence-corrected chi connectivity index (χ4v) is 2.79. The lowest BCUT2D eigenvalue weighted by Crippen LogP contribution is -2.08. The molecule has 0 aliphatic heterocycles. The standard InChI is InChI=1S/C21H22N4O3/c1-5-10-28-18-8-6-15(11-19(18)27-4)7-9-20(26)23-16-12-17-14(2)24-25(3)21(17)22-13-16/h5-9,11-13H,1,10H2,2-4H3,(H,23,26)/b9-7+. The Morgan fingerprint density at radius 3 is 2.89 bits per heavy atom. The van der Waals surface area contributed by atoms with Crippen LogP contribution in [0.25, 0.3) is 17.1 Å². The molecule has 1 N–H and O–H groups in total. The highest BCUT2D eigenvalue weighted by molar-refractivity contribution is 6.02. The fraction of sp³-hybridized carbons (Fsp3) is 0.190. The molecule has 2 aromatic heterocycles. The molecule has 7 nitrogen and oxygen atoms in total. The number of nitrogens with one attached hydrogen (secondary N) is 1. The average molecular weight is 378 g/mol. The van der Waals surface area contributed by atoms with Gasteiger partial charge in [0.15, 0.2) is 17.1 Å². The molecule has 0 fully saturated rings. The summed E-state index contributed by atoms with van der Waals surface area (Å²) >= 11 is 0. The number of pyridine rings is 1. The molecular weight excluding hydrogens is 356 g/mol. The van der Waals surface area contributed by atoms with E-state index >= 15 is 0 Å². The van der Waals surface area contributed by atoms with E-state index in [2.05, 4.69) is 22.0 Å². The van der Waals surface area contributed by atoms with Gasteiger partial charge in [0.1, 0.15) is 6.61 Å². The summed E-state index contributed by atoms with van der Waals surface area (Å²) in [6.07, 6.45) is 6.44. The van der Waals surface area contributed by atoms with Gasteiger partial charge in [-0.15, -0.1) is 0 Å². The lowest BCUT2D eigenvalue weighted by molar-refractivity contribution is -0.111. The van der Waals surface area contributed by atoms with Crippen LogP contribution in [-0.2, 0) is 11.8 Å². The Bertz CT molecular complexity index is 1050. The lowest BCUT2D eigenvalue weighted by Gasteiger charge is -2.09. The number of anilines is 1. The first kappa shape index (κ1) is 19.2. The number of hydrogen-bond acceptors (Lipinski definition) is 5. The van der Waals surface area contributed by atoms with E-state index in [0.717, 1.165) is 22.3 Å². The van der Waals surface area contributed by atoms with Crippen LogP contribution in [0.4, 0.5) is 5.69 Å². The number of rotatable bonds is 7. The third-order valence-corrected chi connectivity index (χ3v) is 4.10. The van der Waals surface area contributed by atoms with Gasteiger partial charge in [-0.25, -0.2) is 4.98 Å². The van der Waals surface area contributed by atoms with Crippen LogP contribution in [0.5, 0.6) is 11.5 Å². The van der Waals surface area contributed by atoms with Gasteiger partial charge in [-0.05, 0) is 36.8 Å². The third-order valence-electron chi connectivity index (χ3n) is 4.10. The van der Waals surface area contributed by atoms with Gasteiger partial charge in [0.05, 0.1) is 24.7 Å². The topological polar surface area (TPSA) is 78.3 Å². The van der Waals surface area contributed by atoms with Crippen molar-refractivity contribution < 1.29 is 14.3 Å². The predicted molar refractivity (Wildman–Crippen MR) is 110 cm³/mol. The van der Waals surface area contributed by atoms with Crippen molar-refractivity contribution in [2.75, 3.05) is 19.0 Å². The Hall–Kier alpha value is -3.61. The summed E-state index contributed by atoms with van der Waals surface area (Å²) in [7, 11) is 3.41. The molecule has 0 saturated carbocycles. The van der Waals surface area contributed by atoms with E-state index < -0.39 is 0 Å². The lowest BCUT2D eigenvalue weighted by atomic mass is 10.2. The van der Waals surface area contributed by atoms with Crippen LogP contribution in [0.15, 0.2) is 49.2 Å². The van der Waals surface area contributed by atoms with Crippen LogP contribution in [0.2, 0.25) is 0 Å². The minimum atomic E-state index is -0.256. The maximum atomic E-state index is 12.3. The van der Waals surface area contributed by atoms with E-state index in [1.54, 1.807) is 42.3 Å². The molecule has 0 aliphatic carbocycles. The summed E-state index contributed by atoms with van der Waals surface area (Å²) in [5.74, 6) is 0.954. The zero-order valence-electron chi connectivity index (χ0n) is 16.1. The van der Waals surface area contributed by atoms with Crippen molar-refractivity contribution in [2.24, 2.45) is 7.05 Å². The fourth-order valence-electron chi connectivity index (χ4n) is 2.79. The van der Waals surface area contributed by atoms with Gasteiger partial charge in [-0.1, -0.05) is 18.7 Å². The SMILES string of the molecule is C=CCOc1ccc(/C=C/C(=O)Nc2cnc3c(c2)c(C)nn3C)cc1OC. The summed E-state index contributed by atoms with van der Waals surface area (Å²) in [5.41, 5.74) is 3.07. The maximum absolute atomic E-state index is 12.3. The van der Waals surface area contributed by atoms with Gasteiger partial charge in [-0.2, -0.15) is 5.10 Å². The Labute approximate surface area is 163 Å². The Morgan fingerprint density at radius 1 is 1.32 bits per heavy atom. The van der Waals surface area contributed by atoms with Crippen LogP contribution in [0.1, 0.15) is 11.3 Å². The van der Waals surface area contributed by atoms with Crippen LogP contribution in [-0.4, -0.2) is 34.4 Å². The van der Waals surface area contributed by atoms with E-state index in [4.69, 9.17) is 9.47 Å². The molecule has 0 aliphatic rings. The molecule has 2 heterocycles. The first-order valence-electron chi connectivity index (χ1n) is 8.72. The molecule has 1 amide bonds. The zero-order valence-corrected chi connectivity index (χ0v) is 16.1. The van der Waals surface area contributed by atoms with Crippen molar-refractivity contribution in [1.82, 2.24) is 14.8 Å². The van der Waals surface area contributed by atoms with Crippen LogP contribution in [0.3, 0.4) is 0 Å². The predicted octanol–water partition coefficient (Wildman–Crippen LogP) is 3.50. The van der Waals surface area contributed by atoms with Crippen molar-refractivity contribution in [3.05, 3.63) is 60.5 Å². The number of amides is 1. The molecule has 0 spiro atoms. The number of aromatic nitrogens is 3. The molecule has 3 aromatic rings. The molecule has 0 atom stereocenters. The smallest absolute Gasteiger partial charge is 0.248 e. The summed E-state index contributed by atoms with van der Waals surface area (Å²) in [6, 6.07) is 7.31. The van der Waals surface area contributed by atoms with Crippen LogP contribution in [0, 0.1) is 6.92 Å². The van der Waals surface area contributed by atoms with Crippen LogP contribution >= 0.6 is 0 Å². The number of nitrogens with zero attached hydrogens (tertiary/aromatic N) is 3. The second kappa shape index (κ2) is 8.39. The normalized spacial score (nSPS) is 11.0. The minimum Gasteiger partial charge on any atom is -0.493 e. The molecule has 1 aromatic carbocycles. The average Bonchev–Trinajstić information content (AvgIpc) is 2.98. The first-order chi connectivity index (χ1) is 13.5. The van der Waals surface area contributed by atoms with Crippen molar-refractivity contribution in [2.45, 2.75) is 6.92 Å². The number of carbonyl (C=O) groups is 1. The van der Waals surface area contributed by atoms with E-state index in [-0.39, 0.29) is 5.91 Å². The quantitative estimate of drug-likeness (QED) is 0.503. The number of benzene rings is 1. The first-order valence-corrected chi connectivity index (χ1v) is 8.72. The van der Waals surface area contributed by atoms with Gasteiger partial charge < -0.3 is 14.8 Å². The summed E-state index contributed by atoms with van der Waals surface area (Å²) < 4.78 is 12.6. The number of aryl methyl sites for hydroxylation is 2. The van der Waals surface area contributed by atoms with Gasteiger partial charge in [-0.3, -0.25) is 9.48 Å². The van der Waals surface area contributed by atoms with Crippen LogP contribution < -0.4 is 14.8 Å². The summed E-state index contributed by atoms with van der Waals surface area (Å²) in [6.45, 7) is 5.92. The second-order valence-corrected chi connectivity index (χ2v) is 6.14. The largest absolute Gasteiger partial charge is 0.493 e. The van der Waals surface area contributed by atoms with Gasteiger partial charge in [0.25, 0.3) is 0 Å². The Morgan fingerprint density at radius 2 is 2.14 bits per heavy atom. The molecule has 7 heteroatoms. The Balaban J connectivity index is 1.71. The zero-order chi connectivity index (χ0) is 20.1. The third kappa shape index (κ3) is 4.20. The molecule has 144 valence electrons. The molecule has 0 bridgehead atoms. The number of methoxy groups -OCH3 is 1. The highest BCUT2D eigenvalue weighted by Gasteiger charge is 2.08. The van der Waals surface area contributed by atoms with Crippen molar-refractivity contribution in [3.63, 3.8) is 0 Å². The van der Waals surface area contributed by atoms with E-state index in [1.165, 1.54) is 6.08 Å². The maximum Gasteiger partial charge on any atom is 0.248 e. The summed E-state index contributed by atoms with van der Waals surface area (Å²) in [4.78, 5) is 16.6. The number of hydrogen-bond donors (Lipinski definition) is 1. The van der Waals surface area contributed by atoms with Crippen molar-refractivity contribution in [1.29, 1.82) is 0 Å². The van der Waals surface area contributed by atoms with E-state index in [9.17, 15) is 4.79 Å². The van der Waals surface area contributed by atoms with Crippen molar-refractivity contribution >= 4 is 28.7 Å². The molecule has 0 saturated heterocycles. The van der Waals surface area contributed by atoms with Gasteiger partial charge in [0.2, 0.25) is 5.91 Å². The van der Waals surface area contributed by atoms with Crippen molar-refractivity contribution in [3.8, 4) is 11.5 Å². The van der Waals surface area contributed by atoms with E-state index in [1.807, 2.05) is 26.1 Å². The molecule has 0 radical (unpaired) electrons. The number of fused-ring (bicyclic) bond motifs is 1. The number of carbonyl (C=O) groups excluding carboxylic acids is 1. The molecule has 0 unspecified atom stereocenters. The minimum absolute atomic E-state index is 0.256. The van der Waals surface area contributed by atoms with Gasteiger partial charge >= 0.3 is 0 Å². The highest BCUT2D eigenvalue weighted by atomic mass is 16.5. The van der Waals surface area contributed by atoms with E-state index in [0.29, 0.717) is 23.8 Å². The number of ether oxygens (including phenoxy) is 2. The second-order valence-electron chi connectivity index (χ2n) is 6.14. The summed E-state index contributed by atoms with van der Waals surface area (Å²) in [5, 5.41) is 8.05. The molecule has 3 rings (SSSR count). The van der Waals surface area contributed by atoms with Gasteiger partial charge in [0, 0.05) is 18.5 Å². The monoisotopic (exact) mass is 378 g/mol. The Kier molecular flexibility index (Phi) is 5.74. The highest BCUT2D eigenvalue weighted by Crippen LogP contribution is 2.28.